The van der Waals surface area contributed by atoms with Crippen molar-refractivity contribution in [2.45, 2.75) is 50.5 Å². The third kappa shape index (κ3) is 4.47. The molecule has 1 amide bonds. The maximum Gasteiger partial charge on any atom is 0.223 e. The van der Waals surface area contributed by atoms with Crippen LogP contribution in [0.2, 0.25) is 0 Å². The summed E-state index contributed by atoms with van der Waals surface area (Å²) >= 11 is 0. The highest BCUT2D eigenvalue weighted by Gasteiger charge is 2.26. The Morgan fingerprint density at radius 2 is 1.59 bits per heavy atom. The van der Waals surface area contributed by atoms with Crippen LogP contribution in [-0.4, -0.2) is 25.0 Å². The lowest BCUT2D eigenvalue weighted by Gasteiger charge is -2.31. The van der Waals surface area contributed by atoms with Crippen LogP contribution in [0.1, 0.15) is 50.0 Å². The second-order valence-corrected chi connectivity index (χ2v) is 6.49. The van der Waals surface area contributed by atoms with Crippen molar-refractivity contribution < 1.29 is 4.79 Å². The van der Waals surface area contributed by atoms with E-state index in [4.69, 9.17) is 0 Å². The SMILES string of the molecule is Cl.O=C(NC1CCC(c2ccccc2)CC1)C1CCNCC1. The van der Waals surface area contributed by atoms with E-state index in [0.29, 0.717) is 17.9 Å². The number of piperidine rings is 1. The fourth-order valence-electron chi connectivity index (χ4n) is 3.70. The molecule has 3 nitrogen and oxygen atoms in total. The van der Waals surface area contributed by atoms with Gasteiger partial charge in [-0.15, -0.1) is 12.4 Å². The second-order valence-electron chi connectivity index (χ2n) is 6.49. The molecule has 0 bridgehead atoms. The summed E-state index contributed by atoms with van der Waals surface area (Å²) in [4.78, 5) is 12.3. The molecule has 2 fully saturated rings. The van der Waals surface area contributed by atoms with Crippen LogP contribution in [0.3, 0.4) is 0 Å². The molecule has 2 N–H and O–H groups in total. The number of amides is 1. The highest BCUT2D eigenvalue weighted by atomic mass is 35.5. The Hall–Kier alpha value is -1.06. The first-order valence-corrected chi connectivity index (χ1v) is 8.39. The summed E-state index contributed by atoms with van der Waals surface area (Å²) in [7, 11) is 0. The number of carbonyl (C=O) groups is 1. The third-order valence-electron chi connectivity index (χ3n) is 5.05. The minimum absolute atomic E-state index is 0. The summed E-state index contributed by atoms with van der Waals surface area (Å²) in [6, 6.07) is 11.2. The Kier molecular flexibility index (Phi) is 6.71. The van der Waals surface area contributed by atoms with Gasteiger partial charge in [0.15, 0.2) is 0 Å². The first-order valence-electron chi connectivity index (χ1n) is 8.39. The maximum atomic E-state index is 12.3. The molecule has 1 aromatic carbocycles. The number of halogens is 1. The molecule has 2 aliphatic rings. The van der Waals surface area contributed by atoms with Crippen LogP contribution < -0.4 is 10.6 Å². The lowest BCUT2D eigenvalue weighted by Crippen LogP contribution is -2.43. The highest BCUT2D eigenvalue weighted by molar-refractivity contribution is 5.85. The Morgan fingerprint density at radius 1 is 0.955 bits per heavy atom. The van der Waals surface area contributed by atoms with E-state index in [2.05, 4.69) is 41.0 Å². The molecule has 1 aliphatic carbocycles. The van der Waals surface area contributed by atoms with Gasteiger partial charge in [0.2, 0.25) is 5.91 Å². The van der Waals surface area contributed by atoms with Crippen LogP contribution in [0.5, 0.6) is 0 Å². The molecule has 1 aromatic rings. The van der Waals surface area contributed by atoms with Crippen molar-refractivity contribution in [3.05, 3.63) is 35.9 Å². The largest absolute Gasteiger partial charge is 0.353 e. The van der Waals surface area contributed by atoms with Gasteiger partial charge in [-0.05, 0) is 63.1 Å². The van der Waals surface area contributed by atoms with Crippen molar-refractivity contribution in [3.8, 4) is 0 Å². The summed E-state index contributed by atoms with van der Waals surface area (Å²) in [5.41, 5.74) is 1.46. The predicted octanol–water partition coefficient (Wildman–Crippen LogP) is 3.25. The molecular formula is C18H27ClN2O. The van der Waals surface area contributed by atoms with E-state index in [1.54, 1.807) is 0 Å². The topological polar surface area (TPSA) is 41.1 Å². The van der Waals surface area contributed by atoms with Crippen LogP contribution in [0.15, 0.2) is 30.3 Å². The van der Waals surface area contributed by atoms with Gasteiger partial charge in [0.25, 0.3) is 0 Å². The second kappa shape index (κ2) is 8.54. The average Bonchev–Trinajstić information content (AvgIpc) is 2.57. The van der Waals surface area contributed by atoms with Gasteiger partial charge in [0, 0.05) is 12.0 Å². The predicted molar refractivity (Wildman–Crippen MR) is 92.4 cm³/mol. The van der Waals surface area contributed by atoms with E-state index >= 15 is 0 Å². The minimum Gasteiger partial charge on any atom is -0.353 e. The molecular weight excluding hydrogens is 296 g/mol. The van der Waals surface area contributed by atoms with Crippen LogP contribution in [-0.2, 0) is 4.79 Å². The molecule has 0 unspecified atom stereocenters. The molecule has 0 atom stereocenters. The van der Waals surface area contributed by atoms with Gasteiger partial charge in [-0.2, -0.15) is 0 Å². The fourth-order valence-corrected chi connectivity index (χ4v) is 3.70. The zero-order chi connectivity index (χ0) is 14.5. The molecule has 1 heterocycles. The summed E-state index contributed by atoms with van der Waals surface area (Å²) in [6.45, 7) is 1.97. The minimum atomic E-state index is 0. The number of hydrogen-bond donors (Lipinski definition) is 2. The van der Waals surface area contributed by atoms with Crippen LogP contribution >= 0.6 is 12.4 Å². The van der Waals surface area contributed by atoms with Crippen molar-refractivity contribution in [1.82, 2.24) is 10.6 Å². The summed E-state index contributed by atoms with van der Waals surface area (Å²) in [5, 5.41) is 6.61. The summed E-state index contributed by atoms with van der Waals surface area (Å²) < 4.78 is 0. The Labute approximate surface area is 139 Å². The Bertz CT molecular complexity index is 451. The van der Waals surface area contributed by atoms with Crippen LogP contribution in [0, 0.1) is 5.92 Å². The van der Waals surface area contributed by atoms with Crippen molar-refractivity contribution >= 4 is 18.3 Å². The maximum absolute atomic E-state index is 12.3. The van der Waals surface area contributed by atoms with E-state index in [9.17, 15) is 4.79 Å². The molecule has 22 heavy (non-hydrogen) atoms. The molecule has 1 saturated carbocycles. The molecule has 3 rings (SSSR count). The van der Waals surface area contributed by atoms with Crippen molar-refractivity contribution in [1.29, 1.82) is 0 Å². The molecule has 1 saturated heterocycles. The molecule has 0 spiro atoms. The third-order valence-corrected chi connectivity index (χ3v) is 5.05. The zero-order valence-electron chi connectivity index (χ0n) is 13.1. The van der Waals surface area contributed by atoms with E-state index in [0.717, 1.165) is 38.8 Å². The smallest absolute Gasteiger partial charge is 0.223 e. The molecule has 122 valence electrons. The van der Waals surface area contributed by atoms with E-state index in [1.807, 2.05) is 0 Å². The zero-order valence-corrected chi connectivity index (χ0v) is 13.9. The first kappa shape index (κ1) is 17.3. The molecule has 0 aromatic heterocycles. The Balaban J connectivity index is 0.00000176. The fraction of sp³-hybridized carbons (Fsp3) is 0.611. The van der Waals surface area contributed by atoms with Gasteiger partial charge >= 0.3 is 0 Å². The van der Waals surface area contributed by atoms with Crippen molar-refractivity contribution in [2.24, 2.45) is 5.92 Å². The lowest BCUT2D eigenvalue weighted by molar-refractivity contribution is -0.126. The van der Waals surface area contributed by atoms with Gasteiger partial charge < -0.3 is 10.6 Å². The number of rotatable bonds is 3. The monoisotopic (exact) mass is 322 g/mol. The van der Waals surface area contributed by atoms with Gasteiger partial charge in [0.1, 0.15) is 0 Å². The van der Waals surface area contributed by atoms with Gasteiger partial charge in [-0.3, -0.25) is 4.79 Å². The van der Waals surface area contributed by atoms with E-state index < -0.39 is 0 Å². The van der Waals surface area contributed by atoms with Crippen LogP contribution in [0.25, 0.3) is 0 Å². The number of hydrogen-bond acceptors (Lipinski definition) is 2. The highest BCUT2D eigenvalue weighted by Crippen LogP contribution is 2.32. The molecule has 0 radical (unpaired) electrons. The van der Waals surface area contributed by atoms with E-state index in [-0.39, 0.29) is 18.3 Å². The summed E-state index contributed by atoms with van der Waals surface area (Å²) in [5.74, 6) is 1.20. The van der Waals surface area contributed by atoms with Gasteiger partial charge in [-0.1, -0.05) is 30.3 Å². The lowest BCUT2D eigenvalue weighted by atomic mass is 9.81. The van der Waals surface area contributed by atoms with E-state index in [1.165, 1.54) is 18.4 Å². The average molecular weight is 323 g/mol. The quantitative estimate of drug-likeness (QED) is 0.897. The van der Waals surface area contributed by atoms with Gasteiger partial charge in [0.05, 0.1) is 0 Å². The summed E-state index contributed by atoms with van der Waals surface area (Å²) in [6.07, 6.45) is 6.62. The van der Waals surface area contributed by atoms with Gasteiger partial charge in [-0.25, -0.2) is 0 Å². The first-order chi connectivity index (χ1) is 10.3. The standard InChI is InChI=1S/C18H26N2O.ClH/c21-18(16-10-12-19-13-11-16)20-17-8-6-15(7-9-17)14-4-2-1-3-5-14;/h1-5,15-17,19H,6-13H2,(H,20,21);1H. The normalized spacial score (nSPS) is 26.0. The number of carbonyl (C=O) groups excluding carboxylic acids is 1. The number of benzene rings is 1. The van der Waals surface area contributed by atoms with Crippen LogP contribution in [0.4, 0.5) is 0 Å². The van der Waals surface area contributed by atoms with Crippen molar-refractivity contribution in [2.75, 3.05) is 13.1 Å². The molecule has 4 heteroatoms. The Morgan fingerprint density at radius 3 is 2.23 bits per heavy atom. The number of nitrogens with one attached hydrogen (secondary N) is 2. The molecule has 1 aliphatic heterocycles. The van der Waals surface area contributed by atoms with Crippen molar-refractivity contribution in [3.63, 3.8) is 0 Å².